The van der Waals surface area contributed by atoms with E-state index >= 15 is 0 Å². The van der Waals surface area contributed by atoms with Crippen molar-refractivity contribution < 1.29 is 26.3 Å². The molecule has 0 aromatic heterocycles. The molecule has 0 radical (unpaired) electrons. The first kappa shape index (κ1) is 21.1. The highest BCUT2D eigenvalue weighted by atomic mass is 35.5. The fourth-order valence-electron chi connectivity index (χ4n) is 2.68. The fourth-order valence-corrected chi connectivity index (χ4v) is 2.68. The van der Waals surface area contributed by atoms with E-state index in [0.717, 1.165) is 25.1 Å². The maximum absolute atomic E-state index is 12.9. The average molecular weight is 377 g/mol. The minimum Gasteiger partial charge on any atom is -0.315 e. The first-order valence-corrected chi connectivity index (χ1v) is 7.33. The summed E-state index contributed by atoms with van der Waals surface area (Å²) in [6.07, 6.45) is -8.82. The van der Waals surface area contributed by atoms with E-state index < -0.39 is 29.5 Å². The number of benzene rings is 1. The van der Waals surface area contributed by atoms with Crippen LogP contribution in [0.1, 0.15) is 36.1 Å². The third-order valence-electron chi connectivity index (χ3n) is 4.01. The molecule has 0 amide bonds. The van der Waals surface area contributed by atoms with E-state index in [1.807, 2.05) is 4.90 Å². The maximum Gasteiger partial charge on any atom is 0.416 e. The second-order valence-electron chi connectivity index (χ2n) is 5.65. The Bertz CT molecular complexity index is 503. The van der Waals surface area contributed by atoms with Gasteiger partial charge in [-0.2, -0.15) is 26.3 Å². The van der Waals surface area contributed by atoms with Gasteiger partial charge in [0.15, 0.2) is 0 Å². The Morgan fingerprint density at radius 3 is 1.96 bits per heavy atom. The van der Waals surface area contributed by atoms with E-state index in [4.69, 9.17) is 0 Å². The zero-order valence-electron chi connectivity index (χ0n) is 13.0. The molecule has 1 aromatic carbocycles. The van der Waals surface area contributed by atoms with Gasteiger partial charge >= 0.3 is 12.4 Å². The molecule has 24 heavy (non-hydrogen) atoms. The first-order chi connectivity index (χ1) is 10.6. The van der Waals surface area contributed by atoms with Crippen molar-refractivity contribution in [3.63, 3.8) is 0 Å². The molecule has 138 valence electrons. The SMILES string of the molecule is CC(c1cc(C(F)(F)F)cc(C(F)(F)F)c1)N1CCCNCC1.Cl. The fraction of sp³-hybridized carbons (Fsp3) is 0.600. The molecular weight excluding hydrogens is 358 g/mol. The van der Waals surface area contributed by atoms with Gasteiger partial charge in [0.2, 0.25) is 0 Å². The molecule has 1 N–H and O–H groups in total. The van der Waals surface area contributed by atoms with Gasteiger partial charge in [-0.1, -0.05) is 0 Å². The minimum atomic E-state index is -4.81. The van der Waals surface area contributed by atoms with Crippen molar-refractivity contribution in [3.05, 3.63) is 34.9 Å². The number of nitrogens with one attached hydrogen (secondary N) is 1. The van der Waals surface area contributed by atoms with Crippen LogP contribution >= 0.6 is 12.4 Å². The summed E-state index contributed by atoms with van der Waals surface area (Å²) >= 11 is 0. The summed E-state index contributed by atoms with van der Waals surface area (Å²) in [5, 5.41) is 3.15. The summed E-state index contributed by atoms with van der Waals surface area (Å²) in [6, 6.07) is 1.29. The zero-order chi connectivity index (χ0) is 17.3. The highest BCUT2D eigenvalue weighted by Gasteiger charge is 2.37. The number of nitrogens with zero attached hydrogens (tertiary/aromatic N) is 1. The number of halogens is 7. The van der Waals surface area contributed by atoms with E-state index in [2.05, 4.69) is 5.32 Å². The molecule has 1 saturated heterocycles. The average Bonchev–Trinajstić information content (AvgIpc) is 2.73. The lowest BCUT2D eigenvalue weighted by Gasteiger charge is -2.28. The molecule has 0 aliphatic carbocycles. The van der Waals surface area contributed by atoms with Gasteiger partial charge < -0.3 is 5.32 Å². The third kappa shape index (κ3) is 5.26. The molecule has 1 aliphatic rings. The zero-order valence-corrected chi connectivity index (χ0v) is 13.8. The largest absolute Gasteiger partial charge is 0.416 e. The van der Waals surface area contributed by atoms with Crippen LogP contribution in [0.5, 0.6) is 0 Å². The molecule has 1 heterocycles. The van der Waals surface area contributed by atoms with Crippen LogP contribution in [-0.2, 0) is 12.4 Å². The highest BCUT2D eigenvalue weighted by molar-refractivity contribution is 5.85. The molecule has 9 heteroatoms. The van der Waals surface area contributed by atoms with Gasteiger partial charge in [-0.15, -0.1) is 12.4 Å². The van der Waals surface area contributed by atoms with Crippen LogP contribution in [-0.4, -0.2) is 31.1 Å². The van der Waals surface area contributed by atoms with Gasteiger partial charge in [-0.05, 0) is 50.2 Å². The summed E-state index contributed by atoms with van der Waals surface area (Å²) < 4.78 is 77.5. The van der Waals surface area contributed by atoms with Crippen molar-refractivity contribution in [2.24, 2.45) is 0 Å². The Labute approximate surface area is 142 Å². The van der Waals surface area contributed by atoms with E-state index in [1.165, 1.54) is 0 Å². The lowest BCUT2D eigenvalue weighted by molar-refractivity contribution is -0.143. The molecule has 1 aliphatic heterocycles. The molecule has 0 bridgehead atoms. The quantitative estimate of drug-likeness (QED) is 0.764. The van der Waals surface area contributed by atoms with Crippen LogP contribution in [0.4, 0.5) is 26.3 Å². The number of hydrogen-bond acceptors (Lipinski definition) is 2. The van der Waals surface area contributed by atoms with Gasteiger partial charge in [-0.3, -0.25) is 4.90 Å². The van der Waals surface area contributed by atoms with E-state index in [9.17, 15) is 26.3 Å². The molecule has 2 nitrogen and oxygen atoms in total. The summed E-state index contributed by atoms with van der Waals surface area (Å²) in [4.78, 5) is 1.90. The molecule has 1 atom stereocenters. The lowest BCUT2D eigenvalue weighted by Crippen LogP contribution is -2.31. The minimum absolute atomic E-state index is 0. The highest BCUT2D eigenvalue weighted by Crippen LogP contribution is 2.38. The molecule has 0 saturated carbocycles. The van der Waals surface area contributed by atoms with Crippen molar-refractivity contribution in [2.75, 3.05) is 26.2 Å². The van der Waals surface area contributed by atoms with Crippen molar-refractivity contribution >= 4 is 12.4 Å². The first-order valence-electron chi connectivity index (χ1n) is 7.33. The van der Waals surface area contributed by atoms with Crippen LogP contribution in [0.2, 0.25) is 0 Å². The smallest absolute Gasteiger partial charge is 0.315 e. The van der Waals surface area contributed by atoms with Crippen molar-refractivity contribution in [1.29, 1.82) is 0 Å². The summed E-state index contributed by atoms with van der Waals surface area (Å²) in [7, 11) is 0. The van der Waals surface area contributed by atoms with Crippen LogP contribution in [0, 0.1) is 0 Å². The van der Waals surface area contributed by atoms with Gasteiger partial charge in [0.25, 0.3) is 0 Å². The van der Waals surface area contributed by atoms with Crippen molar-refractivity contribution in [1.82, 2.24) is 10.2 Å². The van der Waals surface area contributed by atoms with Crippen LogP contribution in [0.15, 0.2) is 18.2 Å². The Hall–Kier alpha value is -0.990. The molecule has 1 aromatic rings. The number of alkyl halides is 6. The normalized spacial score (nSPS) is 18.6. The van der Waals surface area contributed by atoms with Crippen LogP contribution in [0.25, 0.3) is 0 Å². The summed E-state index contributed by atoms with van der Waals surface area (Å²) in [6.45, 7) is 4.31. The molecular formula is C15H19ClF6N2. The predicted octanol–water partition coefficient (Wildman–Crippen LogP) is 4.50. The van der Waals surface area contributed by atoms with Gasteiger partial charge in [-0.25, -0.2) is 0 Å². The maximum atomic E-state index is 12.9. The standard InChI is InChI=1S/C15H18F6N2.ClH/c1-10(23-5-2-3-22-4-6-23)11-7-12(14(16,17)18)9-13(8-11)15(19,20)21;/h7-10,22H,2-6H2,1H3;1H. The van der Waals surface area contributed by atoms with Gasteiger partial charge in [0.1, 0.15) is 0 Å². The van der Waals surface area contributed by atoms with Crippen LogP contribution < -0.4 is 5.32 Å². The summed E-state index contributed by atoms with van der Waals surface area (Å²) in [5.41, 5.74) is -2.49. The predicted molar refractivity (Wildman–Crippen MR) is 81.2 cm³/mol. The van der Waals surface area contributed by atoms with Gasteiger partial charge in [0, 0.05) is 19.1 Å². The van der Waals surface area contributed by atoms with E-state index in [0.29, 0.717) is 19.6 Å². The molecule has 1 unspecified atom stereocenters. The third-order valence-corrected chi connectivity index (χ3v) is 4.01. The Morgan fingerprint density at radius 2 is 1.46 bits per heavy atom. The van der Waals surface area contributed by atoms with Crippen molar-refractivity contribution in [3.8, 4) is 0 Å². The number of hydrogen-bond donors (Lipinski definition) is 1. The van der Waals surface area contributed by atoms with E-state index in [1.54, 1.807) is 6.92 Å². The Kier molecular flexibility index (Phi) is 6.95. The molecule has 2 rings (SSSR count). The second kappa shape index (κ2) is 7.93. The van der Waals surface area contributed by atoms with Crippen molar-refractivity contribution in [2.45, 2.75) is 31.7 Å². The number of rotatable bonds is 2. The Morgan fingerprint density at radius 1 is 0.917 bits per heavy atom. The second-order valence-corrected chi connectivity index (χ2v) is 5.65. The van der Waals surface area contributed by atoms with Crippen LogP contribution in [0.3, 0.4) is 0 Å². The Balaban J connectivity index is 0.00000288. The monoisotopic (exact) mass is 376 g/mol. The molecule has 0 spiro atoms. The molecule has 1 fully saturated rings. The summed E-state index contributed by atoms with van der Waals surface area (Å²) in [5.74, 6) is 0. The topological polar surface area (TPSA) is 15.3 Å². The lowest BCUT2D eigenvalue weighted by atomic mass is 9.99. The van der Waals surface area contributed by atoms with Gasteiger partial charge in [0.05, 0.1) is 11.1 Å². The van der Waals surface area contributed by atoms with E-state index in [-0.39, 0.29) is 24.0 Å².